The van der Waals surface area contributed by atoms with Crippen LogP contribution in [-0.2, 0) is 4.79 Å². The quantitative estimate of drug-likeness (QED) is 0.300. The molecule has 0 radical (unpaired) electrons. The van der Waals surface area contributed by atoms with E-state index in [4.69, 9.17) is 14.9 Å². The lowest BCUT2D eigenvalue weighted by atomic mass is 9.96. The molecule has 2 unspecified atom stereocenters. The minimum atomic E-state index is -5.08. The molecule has 0 saturated carbocycles. The van der Waals surface area contributed by atoms with E-state index in [0.717, 1.165) is 58.7 Å². The Kier molecular flexibility index (Phi) is 6.88. The van der Waals surface area contributed by atoms with Crippen molar-refractivity contribution in [1.29, 1.82) is 5.26 Å². The Hall–Kier alpha value is -4.93. The summed E-state index contributed by atoms with van der Waals surface area (Å²) in [6, 6.07) is 10.5. The number of nitrogens with one attached hydrogen (secondary N) is 2. The molecule has 2 atom stereocenters. The summed E-state index contributed by atoms with van der Waals surface area (Å²) in [5, 5.41) is 23.4. The molecule has 0 aromatic carbocycles. The zero-order chi connectivity index (χ0) is 27.6. The van der Waals surface area contributed by atoms with Crippen molar-refractivity contribution in [3.05, 3.63) is 55.4 Å². The predicted octanol–water partition coefficient (Wildman–Crippen LogP) is 4.31. The third-order valence-corrected chi connectivity index (χ3v) is 6.60. The lowest BCUT2D eigenvalue weighted by molar-refractivity contribution is -0.192. The number of hydrogen-bond acceptors (Lipinski definition) is 7. The normalized spacial score (nSPS) is 16.2. The van der Waals surface area contributed by atoms with Crippen LogP contribution < -0.4 is 4.90 Å². The summed E-state index contributed by atoms with van der Waals surface area (Å²) in [6.45, 7) is 1.76. The third kappa shape index (κ3) is 5.37. The molecular formula is C25H22F3N9O2. The molecule has 0 amide bonds. The second-order valence-electron chi connectivity index (χ2n) is 8.98. The van der Waals surface area contributed by atoms with Gasteiger partial charge >= 0.3 is 12.1 Å². The van der Waals surface area contributed by atoms with Crippen LogP contribution in [0.4, 0.5) is 19.0 Å². The number of carbonyl (C=O) groups is 1. The Bertz CT molecular complexity index is 1650. The van der Waals surface area contributed by atoms with Gasteiger partial charge in [0, 0.05) is 53.9 Å². The smallest absolute Gasteiger partial charge is 0.475 e. The third-order valence-electron chi connectivity index (χ3n) is 6.60. The molecule has 1 fully saturated rings. The van der Waals surface area contributed by atoms with Crippen LogP contribution in [0.1, 0.15) is 18.9 Å². The summed E-state index contributed by atoms with van der Waals surface area (Å²) in [6.07, 6.45) is 5.47. The maximum Gasteiger partial charge on any atom is 0.490 e. The highest BCUT2D eigenvalue weighted by molar-refractivity contribution is 5.90. The molecule has 0 spiro atoms. The number of fused-ring (bicyclic) bond motifs is 2. The average molecular weight is 538 g/mol. The number of pyridine rings is 1. The predicted molar refractivity (Wildman–Crippen MR) is 134 cm³/mol. The first-order valence-corrected chi connectivity index (χ1v) is 11.9. The first-order chi connectivity index (χ1) is 18.7. The SMILES string of the molecule is N#CCC(C1CCN(c2ccc3cc[nH]c3n2)C1)n1cc(-c2ncnc3[nH]ccc23)cn1.O=C(O)C(F)(F)F. The van der Waals surface area contributed by atoms with Crippen LogP contribution in [-0.4, -0.2) is 65.0 Å². The highest BCUT2D eigenvalue weighted by atomic mass is 19.4. The van der Waals surface area contributed by atoms with Crippen LogP contribution in [0.25, 0.3) is 33.3 Å². The molecule has 0 bridgehead atoms. The van der Waals surface area contributed by atoms with Crippen LogP contribution in [0.5, 0.6) is 0 Å². The van der Waals surface area contributed by atoms with E-state index >= 15 is 0 Å². The van der Waals surface area contributed by atoms with E-state index in [1.54, 1.807) is 6.33 Å². The molecule has 14 heteroatoms. The van der Waals surface area contributed by atoms with Crippen molar-refractivity contribution in [2.45, 2.75) is 25.1 Å². The summed E-state index contributed by atoms with van der Waals surface area (Å²) in [5.74, 6) is -1.48. The summed E-state index contributed by atoms with van der Waals surface area (Å²) in [4.78, 5) is 31.0. The first-order valence-electron chi connectivity index (χ1n) is 11.9. The number of H-pyrrole nitrogens is 2. The summed E-state index contributed by atoms with van der Waals surface area (Å²) in [7, 11) is 0. The van der Waals surface area contributed by atoms with Crippen LogP contribution >= 0.6 is 0 Å². The van der Waals surface area contributed by atoms with Gasteiger partial charge in [0.15, 0.2) is 0 Å². The van der Waals surface area contributed by atoms with Gasteiger partial charge in [0.2, 0.25) is 0 Å². The summed E-state index contributed by atoms with van der Waals surface area (Å²) >= 11 is 0. The van der Waals surface area contributed by atoms with Crippen molar-refractivity contribution in [3.8, 4) is 17.3 Å². The zero-order valence-corrected chi connectivity index (χ0v) is 20.3. The average Bonchev–Trinajstić information content (AvgIpc) is 3.73. The number of nitrogens with zero attached hydrogens (tertiary/aromatic N) is 7. The van der Waals surface area contributed by atoms with E-state index in [9.17, 15) is 18.4 Å². The van der Waals surface area contributed by atoms with Crippen molar-refractivity contribution in [3.63, 3.8) is 0 Å². The molecule has 5 aromatic rings. The molecule has 0 aliphatic carbocycles. The Balaban J connectivity index is 0.000000392. The topological polar surface area (TPSA) is 152 Å². The van der Waals surface area contributed by atoms with Gasteiger partial charge in [0.05, 0.1) is 30.4 Å². The van der Waals surface area contributed by atoms with E-state index in [2.05, 4.69) is 48.1 Å². The second-order valence-corrected chi connectivity index (χ2v) is 8.98. The van der Waals surface area contributed by atoms with E-state index in [1.807, 2.05) is 41.6 Å². The molecule has 6 heterocycles. The Morgan fingerprint density at radius 2 is 1.95 bits per heavy atom. The van der Waals surface area contributed by atoms with Gasteiger partial charge in [-0.3, -0.25) is 4.68 Å². The number of carboxylic acid groups (broad SMARTS) is 1. The van der Waals surface area contributed by atoms with Gasteiger partial charge in [-0.15, -0.1) is 0 Å². The number of anilines is 1. The van der Waals surface area contributed by atoms with Gasteiger partial charge < -0.3 is 20.0 Å². The van der Waals surface area contributed by atoms with Gasteiger partial charge in [0.25, 0.3) is 0 Å². The van der Waals surface area contributed by atoms with Crippen LogP contribution in [0.3, 0.4) is 0 Å². The fraction of sp³-hybridized carbons (Fsp3) is 0.280. The van der Waals surface area contributed by atoms with E-state index in [-0.39, 0.29) is 6.04 Å². The summed E-state index contributed by atoms with van der Waals surface area (Å²) < 4.78 is 33.7. The standard InChI is InChI=1S/C23H21N9.C2HF3O2/c24-7-3-19(16-6-10-31(12-16)20-2-1-15-4-8-25-22(15)30-20)32-13-17(11-29-32)21-18-5-9-26-23(18)28-14-27-21;3-2(4,5)1(6)7/h1-2,4-5,8-9,11,13-14,16,19H,3,6,10,12H2,(H,25,30)(H,26,27,28);(H,6,7). The number of alkyl halides is 3. The number of nitriles is 1. The lowest BCUT2D eigenvalue weighted by Gasteiger charge is -2.23. The van der Waals surface area contributed by atoms with Crippen LogP contribution in [0.2, 0.25) is 0 Å². The number of carboxylic acids is 1. The minimum Gasteiger partial charge on any atom is -0.475 e. The zero-order valence-electron chi connectivity index (χ0n) is 20.3. The maximum atomic E-state index is 10.6. The van der Waals surface area contributed by atoms with Crippen molar-refractivity contribution < 1.29 is 23.1 Å². The van der Waals surface area contributed by atoms with Crippen LogP contribution in [0.15, 0.2) is 55.4 Å². The van der Waals surface area contributed by atoms with E-state index in [1.165, 1.54) is 0 Å². The minimum absolute atomic E-state index is 0.00322. The Labute approximate surface area is 218 Å². The lowest BCUT2D eigenvalue weighted by Crippen LogP contribution is -2.25. The maximum absolute atomic E-state index is 10.6. The highest BCUT2D eigenvalue weighted by Crippen LogP contribution is 2.34. The molecule has 3 N–H and O–H groups in total. The largest absolute Gasteiger partial charge is 0.490 e. The molecule has 1 aliphatic heterocycles. The number of halogens is 3. The molecule has 1 saturated heterocycles. The second kappa shape index (κ2) is 10.4. The molecule has 5 aromatic heterocycles. The number of aliphatic carboxylic acids is 1. The van der Waals surface area contributed by atoms with E-state index in [0.29, 0.717) is 12.3 Å². The monoisotopic (exact) mass is 537 g/mol. The molecule has 11 nitrogen and oxygen atoms in total. The van der Waals surface area contributed by atoms with Gasteiger partial charge in [-0.05, 0) is 30.7 Å². The number of aromatic nitrogens is 7. The fourth-order valence-corrected chi connectivity index (χ4v) is 4.72. The van der Waals surface area contributed by atoms with Crippen molar-refractivity contribution in [2.75, 3.05) is 18.0 Å². The van der Waals surface area contributed by atoms with Crippen molar-refractivity contribution in [1.82, 2.24) is 34.7 Å². The molecule has 6 rings (SSSR count). The van der Waals surface area contributed by atoms with E-state index < -0.39 is 12.1 Å². The Morgan fingerprint density at radius 3 is 2.72 bits per heavy atom. The molecule has 1 aliphatic rings. The fourth-order valence-electron chi connectivity index (χ4n) is 4.72. The van der Waals surface area contributed by atoms with Crippen LogP contribution in [0, 0.1) is 17.2 Å². The highest BCUT2D eigenvalue weighted by Gasteiger charge is 2.38. The van der Waals surface area contributed by atoms with Crippen molar-refractivity contribution >= 4 is 33.9 Å². The van der Waals surface area contributed by atoms with Gasteiger partial charge in [0.1, 0.15) is 23.4 Å². The first kappa shape index (κ1) is 25.7. The molecule has 200 valence electrons. The Morgan fingerprint density at radius 1 is 1.18 bits per heavy atom. The van der Waals surface area contributed by atoms with Gasteiger partial charge in [-0.2, -0.15) is 23.5 Å². The number of rotatable bonds is 5. The number of hydrogen-bond donors (Lipinski definition) is 3. The van der Waals surface area contributed by atoms with Gasteiger partial charge in [-0.1, -0.05) is 0 Å². The van der Waals surface area contributed by atoms with Crippen molar-refractivity contribution in [2.24, 2.45) is 5.92 Å². The van der Waals surface area contributed by atoms with Gasteiger partial charge in [-0.25, -0.2) is 19.7 Å². The molecule has 39 heavy (non-hydrogen) atoms. The summed E-state index contributed by atoms with van der Waals surface area (Å²) in [5.41, 5.74) is 3.47. The molecular weight excluding hydrogens is 515 g/mol. The number of aromatic amines is 2.